The van der Waals surface area contributed by atoms with E-state index in [2.05, 4.69) is 20.8 Å². The van der Waals surface area contributed by atoms with Gasteiger partial charge in [-0.1, -0.05) is 0 Å². The molecule has 0 spiro atoms. The van der Waals surface area contributed by atoms with E-state index in [-0.39, 0.29) is 12.5 Å². The number of nitrogens with one attached hydrogen (secondary N) is 3. The molecule has 0 bridgehead atoms. The van der Waals surface area contributed by atoms with Crippen molar-refractivity contribution in [3.8, 4) is 0 Å². The van der Waals surface area contributed by atoms with Crippen molar-refractivity contribution < 1.29 is 9.90 Å². The monoisotopic (exact) mass is 292 g/mol. The van der Waals surface area contributed by atoms with Gasteiger partial charge in [0, 0.05) is 37.3 Å². The zero-order valence-electron chi connectivity index (χ0n) is 10.8. The van der Waals surface area contributed by atoms with Crippen LogP contribution in [0.15, 0.2) is 16.8 Å². The van der Waals surface area contributed by atoms with Crippen molar-refractivity contribution in [3.05, 3.63) is 39.3 Å². The van der Waals surface area contributed by atoms with E-state index in [4.69, 9.17) is 0 Å². The Morgan fingerprint density at radius 3 is 3.30 bits per heavy atom. The van der Waals surface area contributed by atoms with Crippen LogP contribution in [0.25, 0.3) is 0 Å². The Bertz CT molecular complexity index is 594. The molecule has 0 saturated heterocycles. The third kappa shape index (κ3) is 2.60. The zero-order chi connectivity index (χ0) is 13.9. The minimum absolute atomic E-state index is 0.185. The summed E-state index contributed by atoms with van der Waals surface area (Å²) in [7, 11) is 0. The summed E-state index contributed by atoms with van der Waals surface area (Å²) in [6.45, 7) is 1.74. The normalized spacial score (nSPS) is 15.7. The van der Waals surface area contributed by atoms with Gasteiger partial charge in [0.05, 0.1) is 6.10 Å². The second-order valence-electron chi connectivity index (χ2n) is 4.74. The van der Waals surface area contributed by atoms with Crippen LogP contribution < -0.4 is 10.6 Å². The molecule has 7 heteroatoms. The van der Waals surface area contributed by atoms with Crippen LogP contribution in [0.5, 0.6) is 0 Å². The van der Waals surface area contributed by atoms with E-state index in [0.29, 0.717) is 12.2 Å². The van der Waals surface area contributed by atoms with E-state index in [0.717, 1.165) is 29.8 Å². The molecule has 0 fully saturated rings. The summed E-state index contributed by atoms with van der Waals surface area (Å²) in [5, 5.41) is 26.7. The van der Waals surface area contributed by atoms with Gasteiger partial charge in [-0.2, -0.15) is 16.4 Å². The lowest BCUT2D eigenvalue weighted by atomic mass is 10.1. The number of H-pyrrole nitrogens is 1. The summed E-state index contributed by atoms with van der Waals surface area (Å²) < 4.78 is 0. The lowest BCUT2D eigenvalue weighted by Gasteiger charge is -2.13. The first kappa shape index (κ1) is 13.3. The average Bonchev–Trinajstić information content (AvgIpc) is 3.13. The highest BCUT2D eigenvalue weighted by molar-refractivity contribution is 7.07. The molecule has 0 aliphatic carbocycles. The van der Waals surface area contributed by atoms with Gasteiger partial charge in [-0.05, 0) is 22.4 Å². The Labute approximate surface area is 120 Å². The Balaban J connectivity index is 1.63. The molecule has 0 saturated carbocycles. The number of hydrogen-bond acceptors (Lipinski definition) is 5. The molecular formula is C13H16N4O2S. The highest BCUT2D eigenvalue weighted by atomic mass is 32.1. The number of fused-ring (bicyclic) bond motifs is 1. The van der Waals surface area contributed by atoms with Gasteiger partial charge >= 0.3 is 0 Å². The number of aromatic nitrogens is 2. The summed E-state index contributed by atoms with van der Waals surface area (Å²) in [5.41, 5.74) is 3.19. The van der Waals surface area contributed by atoms with Crippen molar-refractivity contribution in [1.82, 2.24) is 20.8 Å². The summed E-state index contributed by atoms with van der Waals surface area (Å²) >= 11 is 1.52. The molecule has 0 radical (unpaired) electrons. The number of carbonyl (C=O) groups excluding carboxylic acids is 1. The van der Waals surface area contributed by atoms with Crippen molar-refractivity contribution >= 4 is 17.2 Å². The predicted octanol–water partition coefficient (Wildman–Crippen LogP) is 0.580. The fourth-order valence-electron chi connectivity index (χ4n) is 2.27. The maximum Gasteiger partial charge on any atom is 0.272 e. The van der Waals surface area contributed by atoms with Crippen LogP contribution in [0, 0.1) is 0 Å². The number of carbonyl (C=O) groups is 1. The molecule has 20 heavy (non-hydrogen) atoms. The summed E-state index contributed by atoms with van der Waals surface area (Å²) in [6, 6.07) is 1.85. The van der Waals surface area contributed by atoms with Gasteiger partial charge < -0.3 is 15.7 Å². The number of thiophene rings is 1. The van der Waals surface area contributed by atoms with Gasteiger partial charge in [0.15, 0.2) is 5.69 Å². The van der Waals surface area contributed by atoms with Gasteiger partial charge in [0.2, 0.25) is 0 Å². The molecule has 1 amide bonds. The highest BCUT2D eigenvalue weighted by Crippen LogP contribution is 2.17. The summed E-state index contributed by atoms with van der Waals surface area (Å²) in [5.74, 6) is -0.250. The number of hydrogen-bond donors (Lipinski definition) is 4. The first-order valence-electron chi connectivity index (χ1n) is 6.51. The van der Waals surface area contributed by atoms with E-state index >= 15 is 0 Å². The van der Waals surface area contributed by atoms with E-state index in [1.165, 1.54) is 11.3 Å². The van der Waals surface area contributed by atoms with Crippen LogP contribution in [0.2, 0.25) is 0 Å². The van der Waals surface area contributed by atoms with Gasteiger partial charge in [-0.25, -0.2) is 0 Å². The van der Waals surface area contributed by atoms with E-state index in [1.807, 2.05) is 16.8 Å². The van der Waals surface area contributed by atoms with E-state index in [9.17, 15) is 9.90 Å². The molecule has 1 atom stereocenters. The van der Waals surface area contributed by atoms with Gasteiger partial charge in [-0.3, -0.25) is 9.89 Å². The highest BCUT2D eigenvalue weighted by Gasteiger charge is 2.21. The van der Waals surface area contributed by atoms with Crippen LogP contribution >= 0.6 is 11.3 Å². The van der Waals surface area contributed by atoms with Crippen LogP contribution in [-0.4, -0.2) is 34.3 Å². The van der Waals surface area contributed by atoms with E-state index < -0.39 is 6.10 Å². The van der Waals surface area contributed by atoms with Crippen molar-refractivity contribution in [2.75, 3.05) is 13.1 Å². The van der Waals surface area contributed by atoms with Gasteiger partial charge in [0.1, 0.15) is 0 Å². The zero-order valence-corrected chi connectivity index (χ0v) is 11.7. The van der Waals surface area contributed by atoms with Crippen LogP contribution in [0.4, 0.5) is 0 Å². The predicted molar refractivity (Wildman–Crippen MR) is 75.6 cm³/mol. The Hall–Kier alpha value is -1.70. The topological polar surface area (TPSA) is 90.0 Å². The number of aromatic amines is 1. The van der Waals surface area contributed by atoms with Crippen molar-refractivity contribution in [2.24, 2.45) is 0 Å². The second-order valence-corrected chi connectivity index (χ2v) is 5.52. The number of amides is 1. The molecule has 3 rings (SSSR count). The lowest BCUT2D eigenvalue weighted by molar-refractivity contribution is 0.0910. The molecular weight excluding hydrogens is 276 g/mol. The number of aliphatic hydroxyl groups is 1. The molecule has 106 valence electrons. The quantitative estimate of drug-likeness (QED) is 0.663. The average molecular weight is 292 g/mol. The minimum atomic E-state index is -0.682. The van der Waals surface area contributed by atoms with Crippen molar-refractivity contribution in [3.63, 3.8) is 0 Å². The van der Waals surface area contributed by atoms with E-state index in [1.54, 1.807) is 0 Å². The SMILES string of the molecule is O=C(NCC(O)c1ccsc1)c1n[nH]c2c1CNCC2. The number of aliphatic hydroxyl groups excluding tert-OH is 1. The van der Waals surface area contributed by atoms with Crippen molar-refractivity contribution in [2.45, 2.75) is 19.1 Å². The number of nitrogens with zero attached hydrogens (tertiary/aromatic N) is 1. The summed E-state index contributed by atoms with van der Waals surface area (Å²) in [6.07, 6.45) is 0.172. The second kappa shape index (κ2) is 5.74. The molecule has 0 aromatic carbocycles. The minimum Gasteiger partial charge on any atom is -0.387 e. The molecule has 1 unspecified atom stereocenters. The van der Waals surface area contributed by atoms with Crippen LogP contribution in [0.1, 0.15) is 33.4 Å². The molecule has 2 aromatic heterocycles. The van der Waals surface area contributed by atoms with Crippen LogP contribution in [0.3, 0.4) is 0 Å². The first-order chi connectivity index (χ1) is 9.75. The van der Waals surface area contributed by atoms with Crippen molar-refractivity contribution in [1.29, 1.82) is 0 Å². The number of rotatable bonds is 4. The fraction of sp³-hybridized carbons (Fsp3) is 0.385. The molecule has 1 aliphatic rings. The third-order valence-electron chi connectivity index (χ3n) is 3.41. The summed E-state index contributed by atoms with van der Waals surface area (Å²) in [4.78, 5) is 12.1. The standard InChI is InChI=1S/C13H16N4O2S/c18-11(8-2-4-20-7-8)6-15-13(19)12-9-5-14-3-1-10(9)16-17-12/h2,4,7,11,14,18H,1,3,5-6H2,(H,15,19)(H,16,17). The molecule has 3 heterocycles. The maximum absolute atomic E-state index is 12.1. The largest absolute Gasteiger partial charge is 0.387 e. The molecule has 2 aromatic rings. The lowest BCUT2D eigenvalue weighted by Crippen LogP contribution is -2.31. The van der Waals surface area contributed by atoms with Gasteiger partial charge in [-0.15, -0.1) is 0 Å². The van der Waals surface area contributed by atoms with Crippen LogP contribution in [-0.2, 0) is 13.0 Å². The fourth-order valence-corrected chi connectivity index (χ4v) is 2.98. The molecule has 1 aliphatic heterocycles. The Kier molecular flexibility index (Phi) is 3.81. The molecule has 4 N–H and O–H groups in total. The third-order valence-corrected chi connectivity index (χ3v) is 4.11. The van der Waals surface area contributed by atoms with Gasteiger partial charge in [0.25, 0.3) is 5.91 Å². The Morgan fingerprint density at radius 1 is 1.60 bits per heavy atom. The smallest absolute Gasteiger partial charge is 0.272 e. The molecule has 6 nitrogen and oxygen atoms in total. The maximum atomic E-state index is 12.1. The Morgan fingerprint density at radius 2 is 2.50 bits per heavy atom. The first-order valence-corrected chi connectivity index (χ1v) is 7.45.